The molecule has 0 spiro atoms. The van der Waals surface area contributed by atoms with E-state index in [-0.39, 0.29) is 6.61 Å². The smallest absolute Gasteiger partial charge is 0.344 e. The van der Waals surface area contributed by atoms with Crippen molar-refractivity contribution in [3.05, 3.63) is 47.0 Å². The van der Waals surface area contributed by atoms with Gasteiger partial charge in [0.15, 0.2) is 24.7 Å². The Morgan fingerprint density at radius 1 is 0.963 bits per heavy atom. The summed E-state index contributed by atoms with van der Waals surface area (Å²) in [6.07, 6.45) is 0. The zero-order valence-corrected chi connectivity index (χ0v) is 16.0. The van der Waals surface area contributed by atoms with Gasteiger partial charge in [-0.05, 0) is 42.8 Å². The number of methoxy groups -OCH3 is 2. The minimum atomic E-state index is -0.660. The van der Waals surface area contributed by atoms with Crippen LogP contribution in [0.15, 0.2) is 36.4 Å². The number of hydrogen-bond donors (Lipinski definition) is 1. The molecule has 144 valence electrons. The van der Waals surface area contributed by atoms with Crippen LogP contribution in [0.3, 0.4) is 0 Å². The molecule has 0 fully saturated rings. The Morgan fingerprint density at radius 3 is 2.33 bits per heavy atom. The van der Waals surface area contributed by atoms with Crippen molar-refractivity contribution in [1.82, 2.24) is 0 Å². The molecular formula is C19H20ClNO6. The molecule has 0 radical (unpaired) electrons. The summed E-state index contributed by atoms with van der Waals surface area (Å²) < 4.78 is 20.6. The van der Waals surface area contributed by atoms with Gasteiger partial charge < -0.3 is 24.3 Å². The number of carbonyl (C=O) groups is 2. The molecule has 0 saturated carbocycles. The molecule has 2 aromatic carbocycles. The highest BCUT2D eigenvalue weighted by molar-refractivity contribution is 6.30. The fourth-order valence-corrected chi connectivity index (χ4v) is 2.44. The molecule has 0 heterocycles. The summed E-state index contributed by atoms with van der Waals surface area (Å²) in [5, 5.41) is 3.18. The summed E-state index contributed by atoms with van der Waals surface area (Å²) in [5.41, 5.74) is 1.28. The number of benzene rings is 2. The van der Waals surface area contributed by atoms with Crippen molar-refractivity contribution in [2.75, 3.05) is 32.8 Å². The van der Waals surface area contributed by atoms with Crippen LogP contribution in [0.2, 0.25) is 5.02 Å². The molecule has 1 amide bonds. The van der Waals surface area contributed by atoms with Gasteiger partial charge in [-0.15, -0.1) is 0 Å². The van der Waals surface area contributed by atoms with Crippen molar-refractivity contribution in [2.45, 2.75) is 6.92 Å². The SMILES string of the molecule is COc1ccc(NC(=O)COC(=O)COc2ccc(Cl)cc2C)cc1OC. The van der Waals surface area contributed by atoms with E-state index in [4.69, 9.17) is 30.5 Å². The Morgan fingerprint density at radius 2 is 1.67 bits per heavy atom. The molecule has 2 aromatic rings. The molecule has 0 bridgehead atoms. The summed E-state index contributed by atoms with van der Waals surface area (Å²) in [6, 6.07) is 9.94. The van der Waals surface area contributed by atoms with E-state index < -0.39 is 18.5 Å². The van der Waals surface area contributed by atoms with Gasteiger partial charge in [-0.3, -0.25) is 4.79 Å². The van der Waals surface area contributed by atoms with Crippen molar-refractivity contribution >= 4 is 29.2 Å². The van der Waals surface area contributed by atoms with E-state index in [0.29, 0.717) is 28.0 Å². The molecule has 8 heteroatoms. The molecule has 7 nitrogen and oxygen atoms in total. The van der Waals surface area contributed by atoms with E-state index in [1.807, 2.05) is 6.92 Å². The van der Waals surface area contributed by atoms with Gasteiger partial charge in [0.2, 0.25) is 0 Å². The number of amides is 1. The van der Waals surface area contributed by atoms with E-state index in [9.17, 15) is 9.59 Å². The summed E-state index contributed by atoms with van der Waals surface area (Å²) in [6.45, 7) is 1.06. The first-order chi connectivity index (χ1) is 12.9. The van der Waals surface area contributed by atoms with Gasteiger partial charge in [0.1, 0.15) is 5.75 Å². The maximum absolute atomic E-state index is 11.9. The first-order valence-corrected chi connectivity index (χ1v) is 8.37. The number of nitrogens with one attached hydrogen (secondary N) is 1. The molecule has 0 aliphatic rings. The van der Waals surface area contributed by atoms with Crippen molar-refractivity contribution in [2.24, 2.45) is 0 Å². The second-order valence-corrected chi connectivity index (χ2v) is 5.91. The Labute approximate surface area is 162 Å². The summed E-state index contributed by atoms with van der Waals surface area (Å²) in [5.74, 6) is 0.381. The topological polar surface area (TPSA) is 83.1 Å². The summed E-state index contributed by atoms with van der Waals surface area (Å²) >= 11 is 5.86. The molecular weight excluding hydrogens is 374 g/mol. The summed E-state index contributed by atoms with van der Waals surface area (Å²) in [7, 11) is 3.01. The third-order valence-corrected chi connectivity index (χ3v) is 3.75. The normalized spacial score (nSPS) is 10.1. The van der Waals surface area contributed by atoms with Crippen LogP contribution < -0.4 is 19.5 Å². The molecule has 1 N–H and O–H groups in total. The highest BCUT2D eigenvalue weighted by Gasteiger charge is 2.11. The largest absolute Gasteiger partial charge is 0.493 e. The highest BCUT2D eigenvalue weighted by Crippen LogP contribution is 2.29. The lowest BCUT2D eigenvalue weighted by Gasteiger charge is -2.11. The van der Waals surface area contributed by atoms with Crippen LogP contribution in [0.5, 0.6) is 17.2 Å². The molecule has 2 rings (SSSR count). The predicted molar refractivity (Wildman–Crippen MR) is 101 cm³/mol. The minimum absolute atomic E-state index is 0.313. The van der Waals surface area contributed by atoms with Gasteiger partial charge in [-0.25, -0.2) is 4.79 Å². The number of esters is 1. The van der Waals surface area contributed by atoms with Crippen LogP contribution in [0.25, 0.3) is 0 Å². The lowest BCUT2D eigenvalue weighted by Crippen LogP contribution is -2.23. The van der Waals surface area contributed by atoms with Gasteiger partial charge in [-0.2, -0.15) is 0 Å². The molecule has 0 aliphatic carbocycles. The molecule has 0 saturated heterocycles. The van der Waals surface area contributed by atoms with Gasteiger partial charge in [0.05, 0.1) is 14.2 Å². The fraction of sp³-hybridized carbons (Fsp3) is 0.263. The second-order valence-electron chi connectivity index (χ2n) is 5.48. The Kier molecular flexibility index (Phi) is 7.31. The highest BCUT2D eigenvalue weighted by atomic mass is 35.5. The first kappa shape index (κ1) is 20.4. The van der Waals surface area contributed by atoms with Crippen LogP contribution in [0.1, 0.15) is 5.56 Å². The van der Waals surface area contributed by atoms with Crippen molar-refractivity contribution in [3.63, 3.8) is 0 Å². The third-order valence-electron chi connectivity index (χ3n) is 3.51. The van der Waals surface area contributed by atoms with E-state index in [2.05, 4.69) is 5.32 Å². The molecule has 0 aromatic heterocycles. The number of aryl methyl sites for hydroxylation is 1. The fourth-order valence-electron chi connectivity index (χ4n) is 2.21. The van der Waals surface area contributed by atoms with Crippen molar-refractivity contribution in [1.29, 1.82) is 0 Å². The van der Waals surface area contributed by atoms with Crippen molar-refractivity contribution in [3.8, 4) is 17.2 Å². The second kappa shape index (κ2) is 9.68. The zero-order chi connectivity index (χ0) is 19.8. The van der Waals surface area contributed by atoms with Crippen LogP contribution in [0.4, 0.5) is 5.69 Å². The predicted octanol–water partition coefficient (Wildman–Crippen LogP) is 3.23. The van der Waals surface area contributed by atoms with Crippen LogP contribution in [-0.2, 0) is 14.3 Å². The van der Waals surface area contributed by atoms with Gasteiger partial charge in [-0.1, -0.05) is 11.6 Å². The molecule has 0 unspecified atom stereocenters. The minimum Gasteiger partial charge on any atom is -0.493 e. The molecule has 0 aliphatic heterocycles. The quantitative estimate of drug-likeness (QED) is 0.693. The third kappa shape index (κ3) is 6.07. The monoisotopic (exact) mass is 393 g/mol. The average molecular weight is 394 g/mol. The number of carbonyl (C=O) groups excluding carboxylic acids is 2. The number of ether oxygens (including phenoxy) is 4. The lowest BCUT2D eigenvalue weighted by atomic mass is 10.2. The average Bonchev–Trinajstić information content (AvgIpc) is 2.65. The molecule has 27 heavy (non-hydrogen) atoms. The molecule has 0 atom stereocenters. The maximum Gasteiger partial charge on any atom is 0.344 e. The van der Waals surface area contributed by atoms with Crippen LogP contribution >= 0.6 is 11.6 Å². The van der Waals surface area contributed by atoms with Crippen LogP contribution in [0, 0.1) is 6.92 Å². The van der Waals surface area contributed by atoms with E-state index in [1.54, 1.807) is 36.4 Å². The Balaban J connectivity index is 1.80. The number of halogens is 1. The van der Waals surface area contributed by atoms with E-state index in [1.165, 1.54) is 14.2 Å². The standard InChI is InChI=1S/C19H20ClNO6/c1-12-8-13(20)4-6-15(12)26-11-19(23)27-10-18(22)21-14-5-7-16(24-2)17(9-14)25-3/h4-9H,10-11H2,1-3H3,(H,21,22). The summed E-state index contributed by atoms with van der Waals surface area (Å²) in [4.78, 5) is 23.7. The first-order valence-electron chi connectivity index (χ1n) is 7.99. The number of anilines is 1. The van der Waals surface area contributed by atoms with E-state index in [0.717, 1.165) is 5.56 Å². The van der Waals surface area contributed by atoms with Crippen LogP contribution in [-0.4, -0.2) is 39.3 Å². The van der Waals surface area contributed by atoms with Gasteiger partial charge >= 0.3 is 5.97 Å². The Hall–Kier alpha value is -2.93. The lowest BCUT2D eigenvalue weighted by molar-refractivity contribution is -0.149. The number of hydrogen-bond acceptors (Lipinski definition) is 6. The van der Waals surface area contributed by atoms with Gasteiger partial charge in [0.25, 0.3) is 5.91 Å². The Bertz CT molecular complexity index is 824. The van der Waals surface area contributed by atoms with Crippen molar-refractivity contribution < 1.29 is 28.5 Å². The van der Waals surface area contributed by atoms with E-state index >= 15 is 0 Å². The zero-order valence-electron chi connectivity index (χ0n) is 15.2. The maximum atomic E-state index is 11.9. The van der Waals surface area contributed by atoms with Gasteiger partial charge in [0, 0.05) is 16.8 Å². The number of rotatable bonds is 8.